The maximum atomic E-state index is 6.40. The second-order valence-electron chi connectivity index (χ2n) is 7.95. The third-order valence-electron chi connectivity index (χ3n) is 5.96. The van der Waals surface area contributed by atoms with Crippen LogP contribution in [0.4, 0.5) is 0 Å². The van der Waals surface area contributed by atoms with E-state index in [1.165, 1.54) is 44.5 Å². The van der Waals surface area contributed by atoms with Gasteiger partial charge in [-0.2, -0.15) is 0 Å². The Balaban J connectivity index is 1.83. The van der Waals surface area contributed by atoms with E-state index < -0.39 is 0 Å². The monoisotopic (exact) mass is 380 g/mol. The summed E-state index contributed by atoms with van der Waals surface area (Å²) in [7, 11) is 0. The molecule has 0 bridgehead atoms. The van der Waals surface area contributed by atoms with Gasteiger partial charge in [-0.15, -0.1) is 0 Å². The van der Waals surface area contributed by atoms with Crippen LogP contribution in [0.1, 0.15) is 25.0 Å². The molecular formula is C27H21Cl. The van der Waals surface area contributed by atoms with Gasteiger partial charge in [-0.3, -0.25) is 0 Å². The predicted molar refractivity (Wildman–Crippen MR) is 120 cm³/mol. The fourth-order valence-electron chi connectivity index (χ4n) is 4.59. The van der Waals surface area contributed by atoms with Crippen LogP contribution in [0, 0.1) is 0 Å². The number of hydrogen-bond donors (Lipinski definition) is 0. The average Bonchev–Trinajstić information content (AvgIpc) is 2.97. The lowest BCUT2D eigenvalue weighted by atomic mass is 9.81. The van der Waals surface area contributed by atoms with Crippen LogP contribution in [0.15, 0.2) is 91.0 Å². The normalized spacial score (nSPS) is 13.8. The summed E-state index contributed by atoms with van der Waals surface area (Å²) >= 11 is 6.40. The van der Waals surface area contributed by atoms with E-state index in [0.29, 0.717) is 0 Å². The highest BCUT2D eigenvalue weighted by Gasteiger charge is 2.36. The molecule has 0 saturated heterocycles. The first-order valence-corrected chi connectivity index (χ1v) is 10.0. The summed E-state index contributed by atoms with van der Waals surface area (Å²) in [6, 6.07) is 32.2. The fourth-order valence-corrected chi connectivity index (χ4v) is 4.76. The van der Waals surface area contributed by atoms with Gasteiger partial charge < -0.3 is 0 Å². The molecule has 0 unspecified atom stereocenters. The zero-order valence-electron chi connectivity index (χ0n) is 16.0. The van der Waals surface area contributed by atoms with E-state index in [1.54, 1.807) is 0 Å². The SMILES string of the molecule is CC1(C)c2ccccc2-c2c(-c3ccc(Cl)cc3-c3ccccc3)cccc21. The minimum absolute atomic E-state index is 0.00126. The second-order valence-corrected chi connectivity index (χ2v) is 8.39. The van der Waals surface area contributed by atoms with E-state index in [4.69, 9.17) is 11.6 Å². The molecule has 0 spiro atoms. The van der Waals surface area contributed by atoms with Gasteiger partial charge in [-0.05, 0) is 56.6 Å². The first kappa shape index (κ1) is 17.3. The quantitative estimate of drug-likeness (QED) is 0.330. The van der Waals surface area contributed by atoms with E-state index in [0.717, 1.165) is 5.02 Å². The van der Waals surface area contributed by atoms with Crippen molar-refractivity contribution in [1.29, 1.82) is 0 Å². The Bertz CT molecular complexity index is 1190. The highest BCUT2D eigenvalue weighted by molar-refractivity contribution is 6.31. The summed E-state index contributed by atoms with van der Waals surface area (Å²) in [5.41, 5.74) is 10.3. The molecule has 1 aliphatic rings. The Labute approximate surface area is 171 Å². The second kappa shape index (κ2) is 6.36. The number of fused-ring (bicyclic) bond motifs is 3. The standard InChI is InChI=1S/C27H21Cl/c1-27(2)24-13-7-6-11-22(24)26-21(12-8-14-25(26)27)20-16-15-19(28)17-23(20)18-9-4-3-5-10-18/h3-17H,1-2H3. The van der Waals surface area contributed by atoms with Crippen LogP contribution in [0.25, 0.3) is 33.4 Å². The molecule has 1 aliphatic carbocycles. The van der Waals surface area contributed by atoms with Crippen molar-refractivity contribution in [3.05, 3.63) is 107 Å². The molecule has 0 aromatic heterocycles. The molecule has 4 aromatic carbocycles. The molecule has 0 fully saturated rings. The molecule has 1 heteroatoms. The summed E-state index contributed by atoms with van der Waals surface area (Å²) in [5.74, 6) is 0. The first-order chi connectivity index (χ1) is 13.6. The van der Waals surface area contributed by atoms with Crippen LogP contribution in [0.3, 0.4) is 0 Å². The van der Waals surface area contributed by atoms with Crippen molar-refractivity contribution in [2.75, 3.05) is 0 Å². The molecule has 5 rings (SSSR count). The third kappa shape index (κ3) is 2.52. The molecule has 0 saturated carbocycles. The Hall–Kier alpha value is -2.83. The van der Waals surface area contributed by atoms with Crippen LogP contribution >= 0.6 is 11.6 Å². The lowest BCUT2D eigenvalue weighted by Gasteiger charge is -2.22. The Morgan fingerprint density at radius 2 is 1.25 bits per heavy atom. The van der Waals surface area contributed by atoms with Gasteiger partial charge in [0.05, 0.1) is 0 Å². The maximum absolute atomic E-state index is 6.40. The summed E-state index contributed by atoms with van der Waals surface area (Å²) in [4.78, 5) is 0. The van der Waals surface area contributed by atoms with Crippen LogP contribution in [0.2, 0.25) is 5.02 Å². The van der Waals surface area contributed by atoms with Crippen molar-refractivity contribution >= 4 is 11.6 Å². The number of halogens is 1. The molecule has 0 N–H and O–H groups in total. The van der Waals surface area contributed by atoms with Crippen molar-refractivity contribution in [3.63, 3.8) is 0 Å². The Morgan fingerprint density at radius 3 is 2.07 bits per heavy atom. The van der Waals surface area contributed by atoms with Crippen LogP contribution in [0.5, 0.6) is 0 Å². The minimum atomic E-state index is 0.00126. The summed E-state index contributed by atoms with van der Waals surface area (Å²) in [6.07, 6.45) is 0. The molecule has 0 nitrogen and oxygen atoms in total. The van der Waals surface area contributed by atoms with Gasteiger partial charge in [-0.25, -0.2) is 0 Å². The molecule has 0 radical (unpaired) electrons. The van der Waals surface area contributed by atoms with E-state index in [2.05, 4.69) is 92.7 Å². The van der Waals surface area contributed by atoms with Gasteiger partial charge in [0.1, 0.15) is 0 Å². The van der Waals surface area contributed by atoms with Crippen LogP contribution in [-0.2, 0) is 5.41 Å². The van der Waals surface area contributed by atoms with Crippen LogP contribution < -0.4 is 0 Å². The van der Waals surface area contributed by atoms with Crippen molar-refractivity contribution < 1.29 is 0 Å². The van der Waals surface area contributed by atoms with Gasteiger partial charge >= 0.3 is 0 Å². The Kier molecular flexibility index (Phi) is 3.92. The van der Waals surface area contributed by atoms with E-state index in [-0.39, 0.29) is 5.41 Å². The molecule has 28 heavy (non-hydrogen) atoms. The van der Waals surface area contributed by atoms with Crippen molar-refractivity contribution in [2.45, 2.75) is 19.3 Å². The molecular weight excluding hydrogens is 360 g/mol. The summed E-state index contributed by atoms with van der Waals surface area (Å²) < 4.78 is 0. The smallest absolute Gasteiger partial charge is 0.0412 e. The summed E-state index contributed by atoms with van der Waals surface area (Å²) in [5, 5.41) is 0.760. The zero-order valence-corrected chi connectivity index (χ0v) is 16.8. The van der Waals surface area contributed by atoms with Gasteiger partial charge in [0, 0.05) is 10.4 Å². The molecule has 0 aliphatic heterocycles. The highest BCUT2D eigenvalue weighted by Crippen LogP contribution is 2.52. The van der Waals surface area contributed by atoms with Crippen molar-refractivity contribution in [2.24, 2.45) is 0 Å². The van der Waals surface area contributed by atoms with Gasteiger partial charge in [0.2, 0.25) is 0 Å². The highest BCUT2D eigenvalue weighted by atomic mass is 35.5. The molecule has 136 valence electrons. The number of benzene rings is 4. The zero-order chi connectivity index (χ0) is 19.3. The molecule has 4 aromatic rings. The Morgan fingerprint density at radius 1 is 0.571 bits per heavy atom. The topological polar surface area (TPSA) is 0 Å². The average molecular weight is 381 g/mol. The third-order valence-corrected chi connectivity index (χ3v) is 6.20. The lowest BCUT2D eigenvalue weighted by molar-refractivity contribution is 0.660. The van der Waals surface area contributed by atoms with E-state index >= 15 is 0 Å². The van der Waals surface area contributed by atoms with E-state index in [1.807, 2.05) is 12.1 Å². The number of hydrogen-bond acceptors (Lipinski definition) is 0. The first-order valence-electron chi connectivity index (χ1n) is 9.66. The molecule has 0 amide bonds. The van der Waals surface area contributed by atoms with Crippen molar-refractivity contribution in [3.8, 4) is 33.4 Å². The van der Waals surface area contributed by atoms with Gasteiger partial charge in [0.15, 0.2) is 0 Å². The fraction of sp³-hybridized carbons (Fsp3) is 0.111. The lowest BCUT2D eigenvalue weighted by Crippen LogP contribution is -2.14. The van der Waals surface area contributed by atoms with Crippen molar-refractivity contribution in [1.82, 2.24) is 0 Å². The van der Waals surface area contributed by atoms with Gasteiger partial charge in [-0.1, -0.05) is 104 Å². The minimum Gasteiger partial charge on any atom is -0.0843 e. The molecule has 0 atom stereocenters. The van der Waals surface area contributed by atoms with Crippen LogP contribution in [-0.4, -0.2) is 0 Å². The molecule has 0 heterocycles. The predicted octanol–water partition coefficient (Wildman–Crippen LogP) is 7.98. The largest absolute Gasteiger partial charge is 0.0843 e. The van der Waals surface area contributed by atoms with E-state index in [9.17, 15) is 0 Å². The van der Waals surface area contributed by atoms with Gasteiger partial charge in [0.25, 0.3) is 0 Å². The number of rotatable bonds is 2. The maximum Gasteiger partial charge on any atom is 0.0412 e. The summed E-state index contributed by atoms with van der Waals surface area (Å²) in [6.45, 7) is 4.64.